The van der Waals surface area contributed by atoms with Crippen LogP contribution in [-0.2, 0) is 0 Å². The smallest absolute Gasteiger partial charge is 0.0377 e. The Morgan fingerprint density at radius 3 is 2.83 bits per heavy atom. The zero-order chi connectivity index (χ0) is 13.2. The van der Waals surface area contributed by atoms with E-state index in [0.717, 1.165) is 36.4 Å². The van der Waals surface area contributed by atoms with Crippen LogP contribution in [0, 0.1) is 11.3 Å². The van der Waals surface area contributed by atoms with E-state index in [1.807, 2.05) is 0 Å². The molecule has 1 fully saturated rings. The summed E-state index contributed by atoms with van der Waals surface area (Å²) in [5.74, 6) is 0.755. The number of hydrogen-bond acceptors (Lipinski definition) is 2. The first-order valence-corrected chi connectivity index (χ1v) is 7.53. The zero-order valence-electron chi connectivity index (χ0n) is 11.3. The summed E-state index contributed by atoms with van der Waals surface area (Å²) in [5.41, 5.74) is 7.40. The highest BCUT2D eigenvalue weighted by molar-refractivity contribution is 9.10. The molecule has 0 aliphatic carbocycles. The summed E-state index contributed by atoms with van der Waals surface area (Å²) >= 11 is 3.55. The van der Waals surface area contributed by atoms with Crippen LogP contribution in [0.1, 0.15) is 26.7 Å². The molecule has 0 amide bonds. The number of benzene rings is 1. The first-order valence-electron chi connectivity index (χ1n) is 6.73. The molecule has 0 aromatic heterocycles. The van der Waals surface area contributed by atoms with E-state index >= 15 is 0 Å². The van der Waals surface area contributed by atoms with Crippen molar-refractivity contribution < 1.29 is 0 Å². The quantitative estimate of drug-likeness (QED) is 0.923. The molecule has 1 aromatic rings. The standard InChI is InChI=1S/C15H23BrN2/c1-15(2)11-18(9-7-12(15)6-8-17)14-5-3-4-13(16)10-14/h3-5,10,12H,6-9,11,17H2,1-2H3. The fourth-order valence-corrected chi connectivity index (χ4v) is 3.42. The molecule has 1 aliphatic rings. The number of rotatable bonds is 3. The minimum Gasteiger partial charge on any atom is -0.371 e. The number of halogens is 1. The van der Waals surface area contributed by atoms with Crippen LogP contribution in [0.15, 0.2) is 28.7 Å². The van der Waals surface area contributed by atoms with E-state index in [-0.39, 0.29) is 0 Å². The van der Waals surface area contributed by atoms with Gasteiger partial charge in [0.1, 0.15) is 0 Å². The number of anilines is 1. The molecule has 1 heterocycles. The summed E-state index contributed by atoms with van der Waals surface area (Å²) < 4.78 is 1.15. The van der Waals surface area contributed by atoms with Crippen molar-refractivity contribution in [3.05, 3.63) is 28.7 Å². The number of nitrogens with two attached hydrogens (primary N) is 1. The van der Waals surface area contributed by atoms with Gasteiger partial charge in [0.05, 0.1) is 0 Å². The molecule has 1 aromatic carbocycles. The lowest BCUT2D eigenvalue weighted by Gasteiger charge is -2.45. The number of piperidine rings is 1. The van der Waals surface area contributed by atoms with Gasteiger partial charge in [-0.1, -0.05) is 35.8 Å². The largest absolute Gasteiger partial charge is 0.371 e. The summed E-state index contributed by atoms with van der Waals surface area (Å²) in [6.45, 7) is 7.82. The predicted octanol–water partition coefficient (Wildman–Crippen LogP) is 3.65. The van der Waals surface area contributed by atoms with Crippen LogP contribution in [-0.4, -0.2) is 19.6 Å². The normalized spacial score (nSPS) is 23.1. The van der Waals surface area contributed by atoms with Gasteiger partial charge in [-0.2, -0.15) is 0 Å². The molecule has 1 unspecified atom stereocenters. The van der Waals surface area contributed by atoms with Gasteiger partial charge < -0.3 is 10.6 Å². The van der Waals surface area contributed by atoms with Crippen molar-refractivity contribution in [2.75, 3.05) is 24.5 Å². The molecule has 2 nitrogen and oxygen atoms in total. The molecule has 18 heavy (non-hydrogen) atoms. The van der Waals surface area contributed by atoms with Gasteiger partial charge >= 0.3 is 0 Å². The van der Waals surface area contributed by atoms with Crippen molar-refractivity contribution in [3.63, 3.8) is 0 Å². The van der Waals surface area contributed by atoms with Crippen LogP contribution in [0.3, 0.4) is 0 Å². The van der Waals surface area contributed by atoms with Crippen LogP contribution >= 0.6 is 15.9 Å². The minimum absolute atomic E-state index is 0.347. The molecular weight excluding hydrogens is 288 g/mol. The first kappa shape index (κ1) is 13.9. The molecule has 1 saturated heterocycles. The van der Waals surface area contributed by atoms with E-state index in [9.17, 15) is 0 Å². The van der Waals surface area contributed by atoms with Crippen molar-refractivity contribution in [1.82, 2.24) is 0 Å². The van der Waals surface area contributed by atoms with Crippen LogP contribution < -0.4 is 10.6 Å². The SMILES string of the molecule is CC1(C)CN(c2cccc(Br)c2)CCC1CCN. The number of hydrogen-bond donors (Lipinski definition) is 1. The average Bonchev–Trinajstić information content (AvgIpc) is 2.31. The molecule has 1 aliphatic heterocycles. The van der Waals surface area contributed by atoms with E-state index in [2.05, 4.69) is 58.9 Å². The van der Waals surface area contributed by atoms with Crippen LogP contribution in [0.2, 0.25) is 0 Å². The van der Waals surface area contributed by atoms with Gasteiger partial charge in [0.15, 0.2) is 0 Å². The van der Waals surface area contributed by atoms with Crippen LogP contribution in [0.4, 0.5) is 5.69 Å². The Bertz CT molecular complexity index is 403. The van der Waals surface area contributed by atoms with E-state index in [1.165, 1.54) is 12.1 Å². The van der Waals surface area contributed by atoms with Crippen LogP contribution in [0.25, 0.3) is 0 Å². The van der Waals surface area contributed by atoms with E-state index in [1.54, 1.807) is 0 Å². The Morgan fingerprint density at radius 1 is 1.44 bits per heavy atom. The summed E-state index contributed by atoms with van der Waals surface area (Å²) in [6, 6.07) is 8.59. The summed E-state index contributed by atoms with van der Waals surface area (Å²) in [5, 5.41) is 0. The lowest BCUT2D eigenvalue weighted by molar-refractivity contribution is 0.167. The minimum atomic E-state index is 0.347. The van der Waals surface area contributed by atoms with Crippen LogP contribution in [0.5, 0.6) is 0 Å². The maximum absolute atomic E-state index is 5.73. The molecule has 100 valence electrons. The highest BCUT2D eigenvalue weighted by Gasteiger charge is 2.35. The lowest BCUT2D eigenvalue weighted by Crippen LogP contribution is -2.46. The maximum atomic E-state index is 5.73. The monoisotopic (exact) mass is 310 g/mol. The second-order valence-electron chi connectivity index (χ2n) is 5.95. The van der Waals surface area contributed by atoms with E-state index in [0.29, 0.717) is 5.41 Å². The third kappa shape index (κ3) is 3.07. The Kier molecular flexibility index (Phi) is 4.33. The Labute approximate surface area is 119 Å². The topological polar surface area (TPSA) is 29.3 Å². The highest BCUT2D eigenvalue weighted by Crippen LogP contribution is 2.38. The summed E-state index contributed by atoms with van der Waals surface area (Å²) in [4.78, 5) is 2.50. The van der Waals surface area contributed by atoms with Gasteiger partial charge in [-0.25, -0.2) is 0 Å². The maximum Gasteiger partial charge on any atom is 0.0377 e. The highest BCUT2D eigenvalue weighted by atomic mass is 79.9. The predicted molar refractivity (Wildman–Crippen MR) is 81.9 cm³/mol. The van der Waals surface area contributed by atoms with Gasteiger partial charge in [-0.3, -0.25) is 0 Å². The van der Waals surface area contributed by atoms with Gasteiger partial charge in [0.25, 0.3) is 0 Å². The van der Waals surface area contributed by atoms with Crippen molar-refractivity contribution in [1.29, 1.82) is 0 Å². The first-order chi connectivity index (χ1) is 8.53. The molecule has 3 heteroatoms. The van der Waals surface area contributed by atoms with Crippen molar-refractivity contribution >= 4 is 21.6 Å². The molecule has 0 saturated carbocycles. The fraction of sp³-hybridized carbons (Fsp3) is 0.600. The molecule has 2 N–H and O–H groups in total. The van der Waals surface area contributed by atoms with Gasteiger partial charge in [0, 0.05) is 23.2 Å². The summed E-state index contributed by atoms with van der Waals surface area (Å²) in [6.07, 6.45) is 2.40. The van der Waals surface area contributed by atoms with E-state index < -0.39 is 0 Å². The van der Waals surface area contributed by atoms with Crippen molar-refractivity contribution in [2.45, 2.75) is 26.7 Å². The van der Waals surface area contributed by atoms with E-state index in [4.69, 9.17) is 5.73 Å². The lowest BCUT2D eigenvalue weighted by atomic mass is 9.72. The van der Waals surface area contributed by atoms with Gasteiger partial charge in [0.2, 0.25) is 0 Å². The molecule has 2 rings (SSSR count). The third-order valence-electron chi connectivity index (χ3n) is 4.14. The molecule has 0 spiro atoms. The van der Waals surface area contributed by atoms with Gasteiger partial charge in [-0.15, -0.1) is 0 Å². The second kappa shape index (κ2) is 5.62. The Morgan fingerprint density at radius 2 is 2.22 bits per heavy atom. The zero-order valence-corrected chi connectivity index (χ0v) is 12.9. The van der Waals surface area contributed by atoms with Crippen molar-refractivity contribution in [2.24, 2.45) is 17.1 Å². The third-order valence-corrected chi connectivity index (χ3v) is 4.63. The molecule has 1 atom stereocenters. The Hall–Kier alpha value is -0.540. The summed E-state index contributed by atoms with van der Waals surface area (Å²) in [7, 11) is 0. The second-order valence-corrected chi connectivity index (χ2v) is 6.87. The molecule has 0 bridgehead atoms. The molecular formula is C15H23BrN2. The van der Waals surface area contributed by atoms with Crippen molar-refractivity contribution in [3.8, 4) is 0 Å². The molecule has 0 radical (unpaired) electrons. The fourth-order valence-electron chi connectivity index (χ4n) is 3.03. The van der Waals surface area contributed by atoms with Gasteiger partial charge in [-0.05, 0) is 48.9 Å². The number of nitrogens with zero attached hydrogens (tertiary/aromatic N) is 1. The average molecular weight is 311 g/mol. The Balaban J connectivity index is 2.11.